The summed E-state index contributed by atoms with van der Waals surface area (Å²) in [6.45, 7) is 4.25. The number of halogens is 1. The van der Waals surface area contributed by atoms with Crippen LogP contribution in [0.2, 0.25) is 5.02 Å². The zero-order valence-electron chi connectivity index (χ0n) is 8.47. The monoisotopic (exact) mass is 180 g/mol. The molecule has 0 nitrogen and oxygen atoms in total. The molecule has 0 fully saturated rings. The molecule has 0 unspecified atom stereocenters. The van der Waals surface area contributed by atoms with Crippen LogP contribution in [0.25, 0.3) is 0 Å². The highest BCUT2D eigenvalue weighted by molar-refractivity contribution is 6.31. The Morgan fingerprint density at radius 3 is 2.83 bits per heavy atom. The molecule has 0 N–H and O–H groups in total. The van der Waals surface area contributed by atoms with E-state index in [1.165, 1.54) is 13.4 Å². The molecule has 0 saturated heterocycles. The van der Waals surface area contributed by atoms with Gasteiger partial charge in [0.1, 0.15) is 0 Å². The maximum Gasteiger partial charge on any atom is 0.0925 e. The number of hydrogen-bond acceptors (Lipinski definition) is 0. The van der Waals surface area contributed by atoms with Crippen molar-refractivity contribution in [3.63, 3.8) is 0 Å². The molecule has 0 amide bonds. The van der Waals surface area contributed by atoms with E-state index in [9.17, 15) is 0 Å². The molecule has 0 aliphatic rings. The first-order valence-electron chi connectivity index (χ1n) is 4.71. The maximum atomic E-state index is 6.98. The molecule has 2 heteroatoms. The van der Waals surface area contributed by atoms with Gasteiger partial charge in [-0.05, 0) is 18.9 Å². The van der Waals surface area contributed by atoms with Gasteiger partial charge in [-0.1, -0.05) is 49.5 Å². The lowest BCUT2D eigenvalue weighted by molar-refractivity contribution is 0.866. The lowest BCUT2D eigenvalue weighted by Crippen LogP contribution is -1.91. The van der Waals surface area contributed by atoms with Crippen LogP contribution in [-0.4, -0.2) is 9.15 Å². The number of hydrogen-bond donors (Lipinski definition) is 0. The molecule has 12 heavy (non-hydrogen) atoms. The van der Waals surface area contributed by atoms with Gasteiger partial charge in [0, 0.05) is 5.02 Å². The van der Waals surface area contributed by atoms with E-state index < -0.39 is 0 Å². The van der Waals surface area contributed by atoms with E-state index in [-0.39, 0.29) is 0 Å². The standard InChI is InChI=1S/C10H13BCl/c1-7(2)9-4-3-8(6-11)5-10(9)12/h3-5,7,11H,6H2,1-2H3/i11D. The van der Waals surface area contributed by atoms with Gasteiger partial charge in [0.25, 0.3) is 0 Å². The van der Waals surface area contributed by atoms with Gasteiger partial charge in [0.05, 0.1) is 7.81 Å². The van der Waals surface area contributed by atoms with Crippen molar-refractivity contribution in [2.24, 2.45) is 0 Å². The Balaban J connectivity index is 2.92. The Morgan fingerprint density at radius 2 is 2.33 bits per heavy atom. The third-order valence-corrected chi connectivity index (χ3v) is 2.25. The molecule has 0 aliphatic heterocycles. The highest BCUT2D eigenvalue weighted by Gasteiger charge is 2.04. The van der Waals surface area contributed by atoms with Crippen LogP contribution >= 0.6 is 11.6 Å². The van der Waals surface area contributed by atoms with E-state index in [2.05, 4.69) is 13.8 Å². The molecule has 0 aromatic heterocycles. The van der Waals surface area contributed by atoms with Gasteiger partial charge in [-0.15, -0.1) is 0 Å². The SMILES string of the molecule is [2H][B]Cc1ccc(C(C)C)c(Cl)c1. The lowest BCUT2D eigenvalue weighted by atomic mass is 9.94. The van der Waals surface area contributed by atoms with E-state index >= 15 is 0 Å². The molecule has 63 valence electrons. The summed E-state index contributed by atoms with van der Waals surface area (Å²) in [5.41, 5.74) is 2.28. The minimum Gasteiger partial charge on any atom is -0.0840 e. The first kappa shape index (κ1) is 8.19. The number of benzene rings is 1. The molecule has 1 aromatic rings. The van der Waals surface area contributed by atoms with Gasteiger partial charge < -0.3 is 0 Å². The van der Waals surface area contributed by atoms with E-state index in [1.54, 1.807) is 0 Å². The summed E-state index contributed by atoms with van der Waals surface area (Å²) in [6.07, 6.45) is 0.665. The van der Waals surface area contributed by atoms with E-state index in [1.807, 2.05) is 18.2 Å². The molecule has 0 saturated carbocycles. The first-order valence-corrected chi connectivity index (χ1v) is 4.51. The molecule has 0 atom stereocenters. The zero-order valence-corrected chi connectivity index (χ0v) is 8.23. The second-order valence-electron chi connectivity index (χ2n) is 3.21. The zero-order chi connectivity index (χ0) is 9.84. The third kappa shape index (κ3) is 2.04. The van der Waals surface area contributed by atoms with Gasteiger partial charge in [0.15, 0.2) is 0 Å². The van der Waals surface area contributed by atoms with Crippen LogP contribution in [0.5, 0.6) is 0 Å². The van der Waals surface area contributed by atoms with Gasteiger partial charge in [-0.3, -0.25) is 0 Å². The van der Waals surface area contributed by atoms with Gasteiger partial charge in [0.2, 0.25) is 0 Å². The average Bonchev–Trinajstić information content (AvgIpc) is 2.04. The molecule has 0 bridgehead atoms. The molecule has 1 aromatic carbocycles. The van der Waals surface area contributed by atoms with Gasteiger partial charge >= 0.3 is 0 Å². The van der Waals surface area contributed by atoms with Crippen LogP contribution in [0, 0.1) is 0 Å². The fraction of sp³-hybridized carbons (Fsp3) is 0.400. The normalized spacial score (nSPS) is 11.5. The summed E-state index contributed by atoms with van der Waals surface area (Å²) in [6, 6.07) is 6.03. The van der Waals surface area contributed by atoms with Crippen molar-refractivity contribution in [3.05, 3.63) is 34.3 Å². The average molecular weight is 180 g/mol. The summed E-state index contributed by atoms with van der Waals surface area (Å²) in [4.78, 5) is 0. The van der Waals surface area contributed by atoms with Crippen molar-refractivity contribution in [2.75, 3.05) is 0 Å². The smallest absolute Gasteiger partial charge is 0.0840 e. The van der Waals surface area contributed by atoms with Crippen LogP contribution in [0.4, 0.5) is 0 Å². The van der Waals surface area contributed by atoms with Crippen molar-refractivity contribution < 1.29 is 0 Å². The highest BCUT2D eigenvalue weighted by Crippen LogP contribution is 2.24. The minimum absolute atomic E-state index is 0.460. The van der Waals surface area contributed by atoms with Crippen LogP contribution in [-0.2, 0) is 6.32 Å². The Kier molecular flexibility index (Phi) is 2.73. The Morgan fingerprint density at radius 1 is 1.58 bits per heavy atom. The van der Waals surface area contributed by atoms with E-state index in [0.29, 0.717) is 12.2 Å². The predicted octanol–water partition coefficient (Wildman–Crippen LogP) is 2.86. The molecule has 0 aliphatic carbocycles. The summed E-state index contributed by atoms with van der Waals surface area (Å²) < 4.78 is 6.98. The lowest BCUT2D eigenvalue weighted by Gasteiger charge is -2.08. The quantitative estimate of drug-likeness (QED) is 0.628. The van der Waals surface area contributed by atoms with Crippen LogP contribution in [0.15, 0.2) is 18.2 Å². The van der Waals surface area contributed by atoms with Crippen molar-refractivity contribution in [2.45, 2.75) is 26.1 Å². The predicted molar refractivity (Wildman–Crippen MR) is 56.4 cm³/mol. The summed E-state index contributed by atoms with van der Waals surface area (Å²) >= 11 is 6.09. The Labute approximate surface area is 81.7 Å². The molecule has 1 radical (unpaired) electrons. The summed E-state index contributed by atoms with van der Waals surface area (Å²) in [5, 5.41) is 0.814. The Hall–Kier alpha value is -0.425. The van der Waals surface area contributed by atoms with Crippen LogP contribution < -0.4 is 0 Å². The van der Waals surface area contributed by atoms with Crippen LogP contribution in [0.3, 0.4) is 0 Å². The molecule has 1 rings (SSSR count). The Bertz CT molecular complexity index is 286. The fourth-order valence-electron chi connectivity index (χ4n) is 1.17. The molecular formula is C10H13BCl. The molecule has 0 spiro atoms. The first-order chi connectivity index (χ1) is 6.15. The second kappa shape index (κ2) is 4.00. The van der Waals surface area contributed by atoms with E-state index in [4.69, 9.17) is 12.9 Å². The highest BCUT2D eigenvalue weighted by atomic mass is 35.5. The molecule has 0 heterocycles. The van der Waals surface area contributed by atoms with Crippen molar-refractivity contribution in [1.82, 2.24) is 0 Å². The maximum absolute atomic E-state index is 6.98. The van der Waals surface area contributed by atoms with Gasteiger partial charge in [-0.25, -0.2) is 0 Å². The topological polar surface area (TPSA) is 0 Å². The fourth-order valence-corrected chi connectivity index (χ4v) is 1.59. The third-order valence-electron chi connectivity index (χ3n) is 1.92. The van der Waals surface area contributed by atoms with E-state index in [0.717, 1.165) is 10.6 Å². The summed E-state index contributed by atoms with van der Waals surface area (Å²) in [5.74, 6) is 0.460. The van der Waals surface area contributed by atoms with Crippen molar-refractivity contribution >= 4 is 19.4 Å². The van der Waals surface area contributed by atoms with Crippen molar-refractivity contribution in [3.8, 4) is 0 Å². The second-order valence-corrected chi connectivity index (χ2v) is 3.62. The summed E-state index contributed by atoms with van der Waals surface area (Å²) in [7, 11) is 1.39. The van der Waals surface area contributed by atoms with Crippen LogP contribution in [0.1, 0.15) is 30.9 Å². The number of rotatable bonds is 3. The largest absolute Gasteiger partial charge is 0.0925 e. The minimum atomic E-state index is 0.460. The van der Waals surface area contributed by atoms with Gasteiger partial charge in [-0.2, -0.15) is 0 Å². The molecular weight excluding hydrogens is 166 g/mol. The van der Waals surface area contributed by atoms with Crippen molar-refractivity contribution in [1.29, 1.82) is 1.34 Å².